The molecule has 2 aromatic carbocycles. The Hall–Kier alpha value is -2.57. The van der Waals surface area contributed by atoms with Gasteiger partial charge < -0.3 is 20.1 Å². The van der Waals surface area contributed by atoms with Gasteiger partial charge in [0.1, 0.15) is 5.75 Å². The highest BCUT2D eigenvalue weighted by molar-refractivity contribution is 5.92. The first-order valence-electron chi connectivity index (χ1n) is 11.4. The Morgan fingerprint density at radius 2 is 1.84 bits per heavy atom. The van der Waals surface area contributed by atoms with Gasteiger partial charge in [0.05, 0.1) is 12.6 Å². The molecule has 6 nitrogen and oxygen atoms in total. The molecule has 0 bridgehead atoms. The van der Waals surface area contributed by atoms with Crippen LogP contribution < -0.4 is 10.2 Å². The minimum atomic E-state index is -0.0564. The first-order chi connectivity index (χ1) is 15.2. The summed E-state index contributed by atoms with van der Waals surface area (Å²) in [4.78, 5) is 17.3. The molecule has 2 aliphatic rings. The van der Waals surface area contributed by atoms with Crippen LogP contribution >= 0.6 is 0 Å². The number of nitrogens with one attached hydrogen (secondary N) is 1. The van der Waals surface area contributed by atoms with E-state index in [2.05, 4.69) is 27.2 Å². The molecule has 31 heavy (non-hydrogen) atoms. The largest absolute Gasteiger partial charge is 0.508 e. The fourth-order valence-electron chi connectivity index (χ4n) is 4.46. The van der Waals surface area contributed by atoms with Crippen LogP contribution in [0.5, 0.6) is 5.75 Å². The van der Waals surface area contributed by atoms with Crippen molar-refractivity contribution >= 4 is 17.3 Å². The Morgan fingerprint density at radius 3 is 2.55 bits per heavy atom. The summed E-state index contributed by atoms with van der Waals surface area (Å²) in [5.41, 5.74) is 2.85. The summed E-state index contributed by atoms with van der Waals surface area (Å²) >= 11 is 0. The Balaban J connectivity index is 1.36. The molecule has 166 valence electrons. The third-order valence-electron chi connectivity index (χ3n) is 6.11. The molecule has 2 aromatic rings. The van der Waals surface area contributed by atoms with Gasteiger partial charge in [0.15, 0.2) is 0 Å². The maximum atomic E-state index is 12.8. The van der Waals surface area contributed by atoms with Gasteiger partial charge >= 0.3 is 0 Å². The van der Waals surface area contributed by atoms with Gasteiger partial charge in [0.25, 0.3) is 0 Å². The van der Waals surface area contributed by atoms with E-state index in [4.69, 9.17) is 4.74 Å². The number of nitrogens with zero attached hydrogens (tertiary/aromatic N) is 2. The zero-order valence-corrected chi connectivity index (χ0v) is 18.1. The Morgan fingerprint density at radius 1 is 1.06 bits per heavy atom. The highest BCUT2D eigenvalue weighted by atomic mass is 16.5. The van der Waals surface area contributed by atoms with Gasteiger partial charge in [-0.25, -0.2) is 0 Å². The average Bonchev–Trinajstić information content (AvgIpc) is 3.29. The first kappa shape index (κ1) is 21.7. The second-order valence-electron chi connectivity index (χ2n) is 8.58. The van der Waals surface area contributed by atoms with Crippen molar-refractivity contribution in [2.75, 3.05) is 43.0 Å². The molecule has 6 heteroatoms. The van der Waals surface area contributed by atoms with Crippen molar-refractivity contribution in [1.29, 1.82) is 0 Å². The Kier molecular flexibility index (Phi) is 7.43. The molecule has 0 aliphatic carbocycles. The van der Waals surface area contributed by atoms with Crippen molar-refractivity contribution in [1.82, 2.24) is 4.90 Å². The van der Waals surface area contributed by atoms with E-state index in [0.29, 0.717) is 13.1 Å². The number of anilines is 2. The van der Waals surface area contributed by atoms with E-state index in [1.54, 1.807) is 6.07 Å². The summed E-state index contributed by atoms with van der Waals surface area (Å²) in [5.74, 6) is 0.202. The predicted molar refractivity (Wildman–Crippen MR) is 123 cm³/mol. The van der Waals surface area contributed by atoms with Crippen molar-refractivity contribution in [2.45, 2.75) is 44.8 Å². The number of rotatable bonds is 8. The molecule has 2 aliphatic heterocycles. The summed E-state index contributed by atoms with van der Waals surface area (Å²) in [6, 6.07) is 15.4. The molecular formula is C25H33N3O3. The quantitative estimate of drug-likeness (QED) is 0.672. The molecule has 0 aromatic heterocycles. The van der Waals surface area contributed by atoms with Gasteiger partial charge in [0, 0.05) is 49.7 Å². The van der Waals surface area contributed by atoms with Crippen LogP contribution in [0.15, 0.2) is 48.5 Å². The van der Waals surface area contributed by atoms with Crippen LogP contribution in [0.1, 0.15) is 37.7 Å². The van der Waals surface area contributed by atoms with Crippen LogP contribution in [0, 0.1) is 0 Å². The number of aromatic hydroxyl groups is 1. The van der Waals surface area contributed by atoms with E-state index in [-0.39, 0.29) is 24.3 Å². The van der Waals surface area contributed by atoms with Crippen LogP contribution in [0.2, 0.25) is 0 Å². The lowest BCUT2D eigenvalue weighted by atomic mass is 10.1. The van der Waals surface area contributed by atoms with Crippen molar-refractivity contribution in [3.05, 3.63) is 54.1 Å². The van der Waals surface area contributed by atoms with Crippen molar-refractivity contribution < 1.29 is 14.6 Å². The smallest absolute Gasteiger partial charge is 0.238 e. The number of ether oxygens (including phenoxy) is 1. The fraction of sp³-hybridized carbons (Fsp3) is 0.480. The SMILES string of the molecule is O=C(CN(Cc1ccccc1O)CC1CCCO1)Nc1ccc(N2CCCCC2)cc1. The van der Waals surface area contributed by atoms with Gasteiger partial charge in [-0.15, -0.1) is 0 Å². The predicted octanol–water partition coefficient (Wildman–Crippen LogP) is 4.00. The van der Waals surface area contributed by atoms with E-state index in [0.717, 1.165) is 43.8 Å². The summed E-state index contributed by atoms with van der Waals surface area (Å²) in [6.45, 7) is 4.43. The third-order valence-corrected chi connectivity index (χ3v) is 6.11. The minimum absolute atomic E-state index is 0.0564. The zero-order chi connectivity index (χ0) is 21.5. The lowest BCUT2D eigenvalue weighted by Crippen LogP contribution is -2.38. The number of phenolic OH excluding ortho intramolecular Hbond substituents is 1. The molecule has 0 radical (unpaired) electrons. The third kappa shape index (κ3) is 6.21. The number of carbonyl (C=O) groups is 1. The molecule has 4 rings (SSSR count). The standard InChI is InChI=1S/C25H33N3O3/c29-24-9-3-2-7-20(24)17-27(18-23-8-6-16-31-23)19-25(30)26-21-10-12-22(13-11-21)28-14-4-1-5-15-28/h2-3,7,9-13,23,29H,1,4-6,8,14-19H2,(H,26,30). The van der Waals surface area contributed by atoms with Crippen LogP contribution in [0.25, 0.3) is 0 Å². The number of hydrogen-bond donors (Lipinski definition) is 2. The number of phenols is 1. The molecule has 0 spiro atoms. The fourth-order valence-corrected chi connectivity index (χ4v) is 4.46. The topological polar surface area (TPSA) is 65.0 Å². The van der Waals surface area contributed by atoms with Crippen molar-refractivity contribution in [2.24, 2.45) is 0 Å². The molecule has 1 amide bonds. The molecule has 2 N–H and O–H groups in total. The maximum Gasteiger partial charge on any atom is 0.238 e. The van der Waals surface area contributed by atoms with Gasteiger partial charge in [-0.2, -0.15) is 0 Å². The molecule has 0 saturated carbocycles. The second kappa shape index (κ2) is 10.6. The lowest BCUT2D eigenvalue weighted by molar-refractivity contribution is -0.117. The van der Waals surface area contributed by atoms with Crippen LogP contribution in [0.4, 0.5) is 11.4 Å². The summed E-state index contributed by atoms with van der Waals surface area (Å²) in [7, 11) is 0. The number of benzene rings is 2. The average molecular weight is 424 g/mol. The van der Waals surface area contributed by atoms with E-state index in [1.165, 1.54) is 24.9 Å². The van der Waals surface area contributed by atoms with Gasteiger partial charge in [-0.1, -0.05) is 18.2 Å². The number of hydrogen-bond acceptors (Lipinski definition) is 5. The van der Waals surface area contributed by atoms with Gasteiger partial charge in [0.2, 0.25) is 5.91 Å². The van der Waals surface area contributed by atoms with Gasteiger partial charge in [-0.05, 0) is 62.4 Å². The van der Waals surface area contributed by atoms with Gasteiger partial charge in [-0.3, -0.25) is 9.69 Å². The lowest BCUT2D eigenvalue weighted by Gasteiger charge is -2.29. The number of piperidine rings is 1. The highest BCUT2D eigenvalue weighted by Crippen LogP contribution is 2.23. The number of carbonyl (C=O) groups excluding carboxylic acids is 1. The summed E-state index contributed by atoms with van der Waals surface area (Å²) in [6.07, 6.45) is 6.02. The molecule has 2 saturated heterocycles. The van der Waals surface area contributed by atoms with Crippen molar-refractivity contribution in [3.63, 3.8) is 0 Å². The second-order valence-corrected chi connectivity index (χ2v) is 8.58. The first-order valence-corrected chi connectivity index (χ1v) is 11.4. The van der Waals surface area contributed by atoms with E-state index in [9.17, 15) is 9.90 Å². The number of amides is 1. The molecular weight excluding hydrogens is 390 g/mol. The van der Waals surface area contributed by atoms with E-state index in [1.807, 2.05) is 30.3 Å². The van der Waals surface area contributed by atoms with E-state index < -0.39 is 0 Å². The monoisotopic (exact) mass is 423 g/mol. The Bertz CT molecular complexity index is 843. The molecule has 2 fully saturated rings. The maximum absolute atomic E-state index is 12.8. The molecule has 2 heterocycles. The van der Waals surface area contributed by atoms with Crippen LogP contribution in [-0.4, -0.2) is 54.8 Å². The van der Waals surface area contributed by atoms with Crippen LogP contribution in [-0.2, 0) is 16.1 Å². The zero-order valence-electron chi connectivity index (χ0n) is 18.1. The Labute approximate surface area is 184 Å². The highest BCUT2D eigenvalue weighted by Gasteiger charge is 2.22. The molecule has 1 atom stereocenters. The molecule has 1 unspecified atom stereocenters. The normalized spacial score (nSPS) is 19.0. The summed E-state index contributed by atoms with van der Waals surface area (Å²) < 4.78 is 5.78. The van der Waals surface area contributed by atoms with Crippen LogP contribution in [0.3, 0.4) is 0 Å². The minimum Gasteiger partial charge on any atom is -0.508 e. The van der Waals surface area contributed by atoms with Crippen molar-refractivity contribution in [3.8, 4) is 5.75 Å². The number of para-hydroxylation sites is 1. The summed E-state index contributed by atoms with van der Waals surface area (Å²) in [5, 5.41) is 13.2. The van der Waals surface area contributed by atoms with E-state index >= 15 is 0 Å².